The summed E-state index contributed by atoms with van der Waals surface area (Å²) in [5, 5.41) is 9.23. The molecule has 0 aliphatic carbocycles. The van der Waals surface area contributed by atoms with E-state index in [9.17, 15) is 35.9 Å². The first-order valence-corrected chi connectivity index (χ1v) is 15.2. The summed E-state index contributed by atoms with van der Waals surface area (Å²) < 4.78 is 86.0. The fourth-order valence-corrected chi connectivity index (χ4v) is 7.05. The van der Waals surface area contributed by atoms with Gasteiger partial charge in [0, 0.05) is 32.7 Å². The number of aromatic nitrogens is 3. The standard InChI is InChI=1S/C33H17ClF4N4O4S/c1-39-32-29(40-11-12-41-32)28-24-14-20(35)7-10-27(24)42(47(45,46)21-8-5-17(6-9-21)31(37)38)30(28)19-4-2-3-18(13-19)22-16-26(36)23(33(43)44)15-25(22)34/h2-16,31H,(H,43,44). The van der Waals surface area contributed by atoms with Gasteiger partial charge in [0.05, 0.1) is 33.6 Å². The third kappa shape index (κ3) is 5.47. The average molecular weight is 677 g/mol. The zero-order valence-corrected chi connectivity index (χ0v) is 25.1. The van der Waals surface area contributed by atoms with Crippen LogP contribution in [0.4, 0.5) is 23.4 Å². The maximum absolute atomic E-state index is 14.8. The molecule has 0 radical (unpaired) electrons. The van der Waals surface area contributed by atoms with Gasteiger partial charge in [-0.25, -0.2) is 34.7 Å². The van der Waals surface area contributed by atoms with Crippen molar-refractivity contribution in [1.29, 1.82) is 0 Å². The number of benzene rings is 4. The van der Waals surface area contributed by atoms with Crippen LogP contribution in [0.15, 0.2) is 96.2 Å². The second kappa shape index (κ2) is 12.0. The lowest BCUT2D eigenvalue weighted by atomic mass is 9.97. The lowest BCUT2D eigenvalue weighted by molar-refractivity contribution is 0.0692. The van der Waals surface area contributed by atoms with Gasteiger partial charge in [-0.3, -0.25) is 4.98 Å². The van der Waals surface area contributed by atoms with E-state index < -0.39 is 45.2 Å². The van der Waals surface area contributed by atoms with Gasteiger partial charge in [-0.2, -0.15) is 0 Å². The van der Waals surface area contributed by atoms with Gasteiger partial charge in [0.1, 0.15) is 17.8 Å². The molecule has 8 nitrogen and oxygen atoms in total. The Morgan fingerprint density at radius 3 is 2.32 bits per heavy atom. The number of rotatable bonds is 7. The molecule has 6 aromatic rings. The molecule has 2 aromatic heterocycles. The van der Waals surface area contributed by atoms with E-state index >= 15 is 0 Å². The van der Waals surface area contributed by atoms with Crippen LogP contribution in [0.5, 0.6) is 0 Å². The number of alkyl halides is 2. The summed E-state index contributed by atoms with van der Waals surface area (Å²) in [6.07, 6.45) is -0.316. The minimum Gasteiger partial charge on any atom is -0.478 e. The van der Waals surface area contributed by atoms with Crippen LogP contribution < -0.4 is 0 Å². The van der Waals surface area contributed by atoms with Crippen LogP contribution in [-0.2, 0) is 10.0 Å². The Bertz CT molecular complexity index is 2390. The highest BCUT2D eigenvalue weighted by atomic mass is 35.5. The van der Waals surface area contributed by atoms with E-state index in [1.165, 1.54) is 42.7 Å². The fourth-order valence-electron chi connectivity index (χ4n) is 5.23. The van der Waals surface area contributed by atoms with Gasteiger partial charge in [0.2, 0.25) is 0 Å². The second-order valence-corrected chi connectivity index (χ2v) is 12.3. The Hall–Kier alpha value is -5.58. The number of halogens is 5. The summed E-state index contributed by atoms with van der Waals surface area (Å²) in [6.45, 7) is 7.69. The third-order valence-corrected chi connectivity index (χ3v) is 9.35. The van der Waals surface area contributed by atoms with Crippen molar-refractivity contribution in [3.8, 4) is 33.6 Å². The fraction of sp³-hybridized carbons (Fsp3) is 0.0303. The minimum atomic E-state index is -4.64. The number of fused-ring (bicyclic) bond motifs is 1. The Morgan fingerprint density at radius 1 is 0.936 bits per heavy atom. The van der Waals surface area contributed by atoms with Crippen molar-refractivity contribution in [2.75, 3.05) is 0 Å². The van der Waals surface area contributed by atoms with Crippen molar-refractivity contribution >= 4 is 44.3 Å². The molecule has 0 saturated heterocycles. The first-order chi connectivity index (χ1) is 22.4. The summed E-state index contributed by atoms with van der Waals surface area (Å²) in [6, 6.07) is 15.2. The zero-order valence-electron chi connectivity index (χ0n) is 23.5. The topological polar surface area (TPSA) is 107 Å². The molecule has 47 heavy (non-hydrogen) atoms. The molecule has 4 aromatic carbocycles. The predicted molar refractivity (Wildman–Crippen MR) is 166 cm³/mol. The molecule has 0 unspecified atom stereocenters. The Labute approximate surface area is 269 Å². The van der Waals surface area contributed by atoms with Crippen molar-refractivity contribution in [2.24, 2.45) is 0 Å². The summed E-state index contributed by atoms with van der Waals surface area (Å²) in [4.78, 5) is 22.8. The molecule has 0 fully saturated rings. The normalized spacial score (nSPS) is 11.6. The molecule has 14 heteroatoms. The van der Waals surface area contributed by atoms with Crippen molar-refractivity contribution in [2.45, 2.75) is 11.3 Å². The van der Waals surface area contributed by atoms with E-state index in [-0.39, 0.29) is 60.3 Å². The molecule has 2 heterocycles. The Balaban J connectivity index is 1.72. The smallest absolute Gasteiger partial charge is 0.338 e. The molecule has 0 atom stereocenters. The van der Waals surface area contributed by atoms with E-state index in [1.807, 2.05) is 0 Å². The van der Waals surface area contributed by atoms with Crippen LogP contribution in [0, 0.1) is 18.2 Å². The summed E-state index contributed by atoms with van der Waals surface area (Å²) in [7, 11) is -4.64. The van der Waals surface area contributed by atoms with Crippen LogP contribution in [0.1, 0.15) is 22.3 Å². The average Bonchev–Trinajstić information content (AvgIpc) is 3.40. The maximum Gasteiger partial charge on any atom is 0.338 e. The van der Waals surface area contributed by atoms with Gasteiger partial charge in [0.15, 0.2) is 0 Å². The van der Waals surface area contributed by atoms with E-state index in [0.717, 1.165) is 52.5 Å². The van der Waals surface area contributed by atoms with Crippen molar-refractivity contribution in [1.82, 2.24) is 13.9 Å². The first kappa shape index (κ1) is 31.4. The molecule has 234 valence electrons. The maximum atomic E-state index is 14.8. The number of carboxylic acids is 1. The van der Waals surface area contributed by atoms with Crippen LogP contribution in [0.2, 0.25) is 5.02 Å². The predicted octanol–water partition coefficient (Wildman–Crippen LogP) is 8.79. The van der Waals surface area contributed by atoms with E-state index in [4.69, 9.17) is 18.2 Å². The highest BCUT2D eigenvalue weighted by molar-refractivity contribution is 7.90. The second-order valence-electron chi connectivity index (χ2n) is 10.1. The quantitative estimate of drug-likeness (QED) is 0.134. The minimum absolute atomic E-state index is 0.0158. The number of hydrogen-bond acceptors (Lipinski definition) is 5. The lowest BCUT2D eigenvalue weighted by Crippen LogP contribution is -2.14. The van der Waals surface area contributed by atoms with Crippen LogP contribution in [0.3, 0.4) is 0 Å². The molecular formula is C33H17ClF4N4O4S. The molecule has 1 N–H and O–H groups in total. The first-order valence-electron chi connectivity index (χ1n) is 13.4. The summed E-state index contributed by atoms with van der Waals surface area (Å²) in [5.41, 5.74) is -0.766. The van der Waals surface area contributed by atoms with Gasteiger partial charge in [0.25, 0.3) is 22.3 Å². The van der Waals surface area contributed by atoms with Gasteiger partial charge in [-0.15, -0.1) is 4.98 Å². The van der Waals surface area contributed by atoms with Gasteiger partial charge in [-0.05, 0) is 54.1 Å². The number of carbonyl (C=O) groups is 1. The van der Waals surface area contributed by atoms with Gasteiger partial charge in [-0.1, -0.05) is 48.5 Å². The summed E-state index contributed by atoms with van der Waals surface area (Å²) in [5.74, 6) is -3.55. The molecule has 0 saturated carbocycles. The monoisotopic (exact) mass is 676 g/mol. The SMILES string of the molecule is [C-]#[N+]c1nccnc1-c1c(-c2cccc(-c3cc(F)c(C(=O)O)cc3Cl)c2)n(S(=O)(=O)c2ccc(C(F)F)cc2)c2ccc(F)cc12. The number of aromatic carboxylic acids is 1. The lowest BCUT2D eigenvalue weighted by Gasteiger charge is -2.15. The van der Waals surface area contributed by atoms with E-state index in [2.05, 4.69) is 14.8 Å². The Morgan fingerprint density at radius 2 is 1.64 bits per heavy atom. The molecule has 0 bridgehead atoms. The highest BCUT2D eigenvalue weighted by Gasteiger charge is 2.31. The number of nitrogens with zero attached hydrogens (tertiary/aromatic N) is 4. The van der Waals surface area contributed by atoms with Crippen LogP contribution >= 0.6 is 11.6 Å². The summed E-state index contributed by atoms with van der Waals surface area (Å²) >= 11 is 6.37. The van der Waals surface area contributed by atoms with Gasteiger partial charge < -0.3 is 9.95 Å². The number of carboxylic acid groups (broad SMARTS) is 1. The van der Waals surface area contributed by atoms with E-state index in [0.29, 0.717) is 0 Å². The van der Waals surface area contributed by atoms with Crippen molar-refractivity contribution in [3.63, 3.8) is 0 Å². The molecule has 6 rings (SSSR count). The highest BCUT2D eigenvalue weighted by Crippen LogP contribution is 2.45. The Kier molecular flexibility index (Phi) is 8.00. The molecule has 0 aliphatic heterocycles. The van der Waals surface area contributed by atoms with Crippen molar-refractivity contribution < 1.29 is 35.9 Å². The van der Waals surface area contributed by atoms with E-state index in [1.54, 1.807) is 0 Å². The molecule has 0 spiro atoms. The molecule has 0 amide bonds. The van der Waals surface area contributed by atoms with Crippen LogP contribution in [0.25, 0.3) is 49.4 Å². The molecular weight excluding hydrogens is 660 g/mol. The largest absolute Gasteiger partial charge is 0.478 e. The van der Waals surface area contributed by atoms with Gasteiger partial charge >= 0.3 is 5.97 Å². The third-order valence-electron chi connectivity index (χ3n) is 7.31. The number of hydrogen-bond donors (Lipinski definition) is 1. The zero-order chi connectivity index (χ0) is 33.6. The van der Waals surface area contributed by atoms with Crippen molar-refractivity contribution in [3.05, 3.63) is 130 Å². The van der Waals surface area contributed by atoms with Crippen LogP contribution in [-0.4, -0.2) is 33.4 Å². The molecule has 0 aliphatic rings.